The predicted molar refractivity (Wildman–Crippen MR) is 79.3 cm³/mol. The van der Waals surface area contributed by atoms with E-state index in [0.717, 1.165) is 12.0 Å². The van der Waals surface area contributed by atoms with Gasteiger partial charge in [-0.05, 0) is 24.1 Å². The van der Waals surface area contributed by atoms with Crippen LogP contribution in [0.1, 0.15) is 22.3 Å². The molecule has 1 aliphatic heterocycles. The fourth-order valence-corrected chi connectivity index (χ4v) is 2.77. The van der Waals surface area contributed by atoms with Crippen LogP contribution in [0, 0.1) is 0 Å². The van der Waals surface area contributed by atoms with Crippen molar-refractivity contribution in [1.29, 1.82) is 0 Å². The Hall–Kier alpha value is -1.43. The average molecular weight is 293 g/mol. The Bertz CT molecular complexity index is 477. The second-order valence-electron chi connectivity index (χ2n) is 5.29. The molecule has 116 valence electrons. The van der Waals surface area contributed by atoms with Crippen LogP contribution in [0.25, 0.3) is 0 Å². The van der Waals surface area contributed by atoms with Gasteiger partial charge in [-0.3, -0.25) is 4.79 Å². The van der Waals surface area contributed by atoms with E-state index in [1.807, 2.05) is 29.2 Å². The number of carbonyl (C=O) groups excluding carboxylic acids is 1. The number of ether oxygens (including phenoxy) is 3. The number of hydrogen-bond donors (Lipinski definition) is 0. The van der Waals surface area contributed by atoms with Crippen molar-refractivity contribution < 1.29 is 19.0 Å². The van der Waals surface area contributed by atoms with Crippen molar-refractivity contribution in [2.45, 2.75) is 25.2 Å². The van der Waals surface area contributed by atoms with Gasteiger partial charge in [0, 0.05) is 33.4 Å². The molecule has 2 rings (SSSR count). The molecule has 0 spiro atoms. The number of benzene rings is 1. The molecule has 0 aliphatic carbocycles. The summed E-state index contributed by atoms with van der Waals surface area (Å²) in [5.74, 6) is 0.0227. The molecule has 0 N–H and O–H groups in total. The first-order valence-corrected chi connectivity index (χ1v) is 7.10. The van der Waals surface area contributed by atoms with Crippen LogP contribution in [0.15, 0.2) is 24.3 Å². The number of likely N-dealkylation sites (tertiary alicyclic amines) is 1. The van der Waals surface area contributed by atoms with E-state index in [4.69, 9.17) is 14.2 Å². The first-order chi connectivity index (χ1) is 10.2. The SMILES string of the molecule is COCc1cccc(C(=O)N2C[C@H](OC)C[C@H]2COC)c1. The van der Waals surface area contributed by atoms with Gasteiger partial charge in [0.25, 0.3) is 5.91 Å². The molecule has 5 nitrogen and oxygen atoms in total. The zero-order valence-corrected chi connectivity index (χ0v) is 12.9. The number of hydrogen-bond acceptors (Lipinski definition) is 4. The molecule has 2 atom stereocenters. The number of carbonyl (C=O) groups is 1. The highest BCUT2D eigenvalue weighted by Crippen LogP contribution is 2.23. The highest BCUT2D eigenvalue weighted by atomic mass is 16.5. The van der Waals surface area contributed by atoms with Crippen molar-refractivity contribution in [3.05, 3.63) is 35.4 Å². The van der Waals surface area contributed by atoms with E-state index >= 15 is 0 Å². The molecule has 0 bridgehead atoms. The van der Waals surface area contributed by atoms with Gasteiger partial charge in [-0.1, -0.05) is 12.1 Å². The maximum Gasteiger partial charge on any atom is 0.254 e. The first-order valence-electron chi connectivity index (χ1n) is 7.10. The van der Waals surface area contributed by atoms with Crippen LogP contribution in [-0.4, -0.2) is 57.4 Å². The van der Waals surface area contributed by atoms with Crippen LogP contribution in [0.5, 0.6) is 0 Å². The molecule has 1 amide bonds. The summed E-state index contributed by atoms with van der Waals surface area (Å²) in [4.78, 5) is 14.6. The van der Waals surface area contributed by atoms with E-state index < -0.39 is 0 Å². The minimum Gasteiger partial charge on any atom is -0.383 e. The van der Waals surface area contributed by atoms with Crippen molar-refractivity contribution in [2.75, 3.05) is 34.5 Å². The predicted octanol–water partition coefficient (Wildman–Crippen LogP) is 1.71. The van der Waals surface area contributed by atoms with Crippen LogP contribution in [-0.2, 0) is 20.8 Å². The molecule has 21 heavy (non-hydrogen) atoms. The summed E-state index contributed by atoms with van der Waals surface area (Å²) < 4.78 is 15.7. The van der Waals surface area contributed by atoms with Crippen molar-refractivity contribution in [2.24, 2.45) is 0 Å². The molecular formula is C16H23NO4. The standard InChI is InChI=1S/C16H23NO4/c1-19-10-12-5-4-6-13(7-12)16(18)17-9-15(21-3)8-14(17)11-20-2/h4-7,14-15H,8-11H2,1-3H3/t14-,15+/m0/s1. The summed E-state index contributed by atoms with van der Waals surface area (Å²) in [7, 11) is 4.98. The lowest BCUT2D eigenvalue weighted by Gasteiger charge is -2.24. The zero-order chi connectivity index (χ0) is 15.2. The Morgan fingerprint density at radius 2 is 2.10 bits per heavy atom. The van der Waals surface area contributed by atoms with Crippen molar-refractivity contribution in [3.8, 4) is 0 Å². The fraction of sp³-hybridized carbons (Fsp3) is 0.562. The smallest absolute Gasteiger partial charge is 0.254 e. The van der Waals surface area contributed by atoms with Crippen molar-refractivity contribution in [3.63, 3.8) is 0 Å². The van der Waals surface area contributed by atoms with Gasteiger partial charge in [-0.25, -0.2) is 0 Å². The molecular weight excluding hydrogens is 270 g/mol. The third-order valence-electron chi connectivity index (χ3n) is 3.81. The molecule has 1 heterocycles. The second kappa shape index (κ2) is 7.54. The van der Waals surface area contributed by atoms with Gasteiger partial charge in [0.15, 0.2) is 0 Å². The van der Waals surface area contributed by atoms with Crippen LogP contribution < -0.4 is 0 Å². The number of amides is 1. The highest BCUT2D eigenvalue weighted by Gasteiger charge is 2.35. The Morgan fingerprint density at radius 1 is 1.29 bits per heavy atom. The minimum absolute atomic E-state index is 0.0227. The summed E-state index contributed by atoms with van der Waals surface area (Å²) in [5.41, 5.74) is 1.68. The van der Waals surface area contributed by atoms with Gasteiger partial charge in [0.1, 0.15) is 0 Å². The fourth-order valence-electron chi connectivity index (χ4n) is 2.77. The molecule has 1 fully saturated rings. The molecule has 1 saturated heterocycles. The van der Waals surface area contributed by atoms with Gasteiger partial charge >= 0.3 is 0 Å². The van der Waals surface area contributed by atoms with Gasteiger partial charge < -0.3 is 19.1 Å². The van der Waals surface area contributed by atoms with E-state index in [2.05, 4.69) is 0 Å². The first kappa shape index (κ1) is 15.9. The maximum atomic E-state index is 12.7. The van der Waals surface area contributed by atoms with E-state index in [0.29, 0.717) is 25.3 Å². The monoisotopic (exact) mass is 293 g/mol. The van der Waals surface area contributed by atoms with Gasteiger partial charge in [0.05, 0.1) is 25.4 Å². The van der Waals surface area contributed by atoms with Crippen molar-refractivity contribution >= 4 is 5.91 Å². The third-order valence-corrected chi connectivity index (χ3v) is 3.81. The molecule has 0 aromatic heterocycles. The lowest BCUT2D eigenvalue weighted by molar-refractivity contribution is 0.0612. The number of nitrogens with zero attached hydrogens (tertiary/aromatic N) is 1. The normalized spacial score (nSPS) is 21.8. The zero-order valence-electron chi connectivity index (χ0n) is 12.9. The molecule has 0 radical (unpaired) electrons. The molecule has 1 aromatic rings. The Balaban J connectivity index is 2.15. The van der Waals surface area contributed by atoms with Crippen LogP contribution in [0.4, 0.5) is 0 Å². The van der Waals surface area contributed by atoms with E-state index in [-0.39, 0.29) is 18.1 Å². The molecule has 0 unspecified atom stereocenters. The number of rotatable bonds is 6. The topological polar surface area (TPSA) is 48.0 Å². The van der Waals surface area contributed by atoms with Crippen LogP contribution in [0.2, 0.25) is 0 Å². The Kier molecular flexibility index (Phi) is 5.73. The minimum atomic E-state index is 0.0227. The van der Waals surface area contributed by atoms with Crippen LogP contribution in [0.3, 0.4) is 0 Å². The van der Waals surface area contributed by atoms with Gasteiger partial charge in [-0.15, -0.1) is 0 Å². The van der Waals surface area contributed by atoms with E-state index in [9.17, 15) is 4.79 Å². The Labute approximate surface area is 125 Å². The van der Waals surface area contributed by atoms with Gasteiger partial charge in [0.2, 0.25) is 0 Å². The summed E-state index contributed by atoms with van der Waals surface area (Å²) in [6.07, 6.45) is 0.893. The quantitative estimate of drug-likeness (QED) is 0.801. The van der Waals surface area contributed by atoms with Crippen LogP contribution >= 0.6 is 0 Å². The van der Waals surface area contributed by atoms with Crippen molar-refractivity contribution in [1.82, 2.24) is 4.90 Å². The maximum absolute atomic E-state index is 12.7. The average Bonchev–Trinajstić information content (AvgIpc) is 2.91. The molecule has 0 saturated carbocycles. The molecule has 1 aliphatic rings. The molecule has 5 heteroatoms. The lowest BCUT2D eigenvalue weighted by atomic mass is 10.1. The summed E-state index contributed by atoms with van der Waals surface area (Å²) in [6.45, 7) is 1.64. The second-order valence-corrected chi connectivity index (χ2v) is 5.29. The van der Waals surface area contributed by atoms with E-state index in [1.54, 1.807) is 21.3 Å². The summed E-state index contributed by atoms with van der Waals surface area (Å²) in [5, 5.41) is 0. The van der Waals surface area contributed by atoms with E-state index in [1.165, 1.54) is 0 Å². The molecule has 1 aromatic carbocycles. The Morgan fingerprint density at radius 3 is 2.76 bits per heavy atom. The number of methoxy groups -OCH3 is 3. The van der Waals surface area contributed by atoms with Gasteiger partial charge in [-0.2, -0.15) is 0 Å². The lowest BCUT2D eigenvalue weighted by Crippen LogP contribution is -2.38. The largest absolute Gasteiger partial charge is 0.383 e. The third kappa shape index (κ3) is 3.81. The summed E-state index contributed by atoms with van der Waals surface area (Å²) in [6, 6.07) is 7.63. The summed E-state index contributed by atoms with van der Waals surface area (Å²) >= 11 is 0. The highest BCUT2D eigenvalue weighted by molar-refractivity contribution is 5.94.